The van der Waals surface area contributed by atoms with Crippen LogP contribution in [0.2, 0.25) is 0 Å². The van der Waals surface area contributed by atoms with Gasteiger partial charge in [0.2, 0.25) is 5.79 Å². The molecule has 164 valence electrons. The summed E-state index contributed by atoms with van der Waals surface area (Å²) in [7, 11) is 4.72. The molecule has 0 bridgehead atoms. The van der Waals surface area contributed by atoms with E-state index in [1.54, 1.807) is 14.2 Å². The third kappa shape index (κ3) is 6.97. The van der Waals surface area contributed by atoms with Crippen LogP contribution in [0.3, 0.4) is 0 Å². The van der Waals surface area contributed by atoms with Crippen molar-refractivity contribution in [1.29, 1.82) is 0 Å². The lowest BCUT2D eigenvalue weighted by Gasteiger charge is -2.42. The van der Waals surface area contributed by atoms with Gasteiger partial charge in [0, 0.05) is 32.1 Å². The van der Waals surface area contributed by atoms with Gasteiger partial charge >= 0.3 is 0 Å². The average molecular weight is 405 g/mol. The van der Waals surface area contributed by atoms with E-state index in [1.807, 2.05) is 6.92 Å². The molecule has 4 heteroatoms. The minimum atomic E-state index is -1.01. The molecule has 0 fully saturated rings. The van der Waals surface area contributed by atoms with E-state index in [-0.39, 0.29) is 17.6 Å². The number of ketones is 1. The third-order valence-electron chi connectivity index (χ3n) is 5.85. The minimum absolute atomic E-state index is 0.0677. The summed E-state index contributed by atoms with van der Waals surface area (Å²) in [4.78, 5) is 12.6. The van der Waals surface area contributed by atoms with Crippen molar-refractivity contribution in [3.8, 4) is 0 Å². The Morgan fingerprint density at radius 2 is 1.52 bits per heavy atom. The second-order valence-corrected chi connectivity index (χ2v) is 8.28. The molecule has 29 heavy (non-hydrogen) atoms. The molecule has 0 aromatic heterocycles. The van der Waals surface area contributed by atoms with Gasteiger partial charge in [0.05, 0.1) is 7.11 Å². The maximum absolute atomic E-state index is 12.6. The number of carbonyl (C=O) groups excluding carboxylic acids is 1. The first-order valence-corrected chi connectivity index (χ1v) is 10.6. The van der Waals surface area contributed by atoms with E-state index in [1.165, 1.54) is 29.9 Å². The Bertz CT molecular complexity index is 658. The van der Waals surface area contributed by atoms with Crippen LogP contribution in [0.5, 0.6) is 0 Å². The fourth-order valence-electron chi connectivity index (χ4n) is 3.92. The van der Waals surface area contributed by atoms with Crippen LogP contribution < -0.4 is 0 Å². The Hall–Kier alpha value is -1.65. The summed E-state index contributed by atoms with van der Waals surface area (Å²) >= 11 is 0. The molecule has 0 aliphatic heterocycles. The van der Waals surface area contributed by atoms with Gasteiger partial charge in [-0.05, 0) is 59.8 Å². The summed E-state index contributed by atoms with van der Waals surface area (Å²) in [5, 5.41) is 0. The first-order valence-electron chi connectivity index (χ1n) is 10.6. The van der Waals surface area contributed by atoms with Crippen molar-refractivity contribution < 1.29 is 19.0 Å². The van der Waals surface area contributed by atoms with Crippen LogP contribution in [0.4, 0.5) is 0 Å². The third-order valence-corrected chi connectivity index (χ3v) is 5.85. The summed E-state index contributed by atoms with van der Waals surface area (Å²) < 4.78 is 16.7. The molecule has 0 N–H and O–H groups in total. The second-order valence-electron chi connectivity index (χ2n) is 8.28. The van der Waals surface area contributed by atoms with Gasteiger partial charge in [-0.1, -0.05) is 41.9 Å². The number of allylic oxidation sites excluding steroid dienone is 7. The highest BCUT2D eigenvalue weighted by atomic mass is 16.7. The van der Waals surface area contributed by atoms with Gasteiger partial charge in [-0.25, -0.2) is 0 Å². The first kappa shape index (κ1) is 25.4. The fraction of sp³-hybridized carbons (Fsp3) is 0.640. The molecule has 0 aromatic rings. The first-order chi connectivity index (χ1) is 13.7. The molecule has 0 aromatic carbocycles. The number of carbonyl (C=O) groups is 1. The molecule has 1 aliphatic rings. The number of methoxy groups -OCH3 is 3. The zero-order chi connectivity index (χ0) is 22.0. The fourth-order valence-corrected chi connectivity index (χ4v) is 3.92. The van der Waals surface area contributed by atoms with Crippen molar-refractivity contribution in [3.63, 3.8) is 0 Å². The number of hydrogen-bond acceptors (Lipinski definition) is 4. The van der Waals surface area contributed by atoms with E-state index in [0.717, 1.165) is 25.7 Å². The lowest BCUT2D eigenvalue weighted by molar-refractivity contribution is -0.241. The lowest BCUT2D eigenvalue weighted by atomic mass is 9.76. The Morgan fingerprint density at radius 3 is 2.03 bits per heavy atom. The summed E-state index contributed by atoms with van der Waals surface area (Å²) in [6.07, 6.45) is 13.3. The molecule has 0 spiro atoms. The zero-order valence-electron chi connectivity index (χ0n) is 19.6. The largest absolute Gasteiger partial charge is 0.495 e. The molecule has 4 nitrogen and oxygen atoms in total. The summed E-state index contributed by atoms with van der Waals surface area (Å²) in [5.41, 5.74) is 4.12. The predicted molar refractivity (Wildman–Crippen MR) is 120 cm³/mol. The molecule has 0 heterocycles. The molecule has 2 atom stereocenters. The van der Waals surface area contributed by atoms with Crippen LogP contribution >= 0.6 is 0 Å². The standard InChI is InChI=1S/C25H40O4/c1-18(2)11-9-12-19(3)13-10-14-20(4)15-16-22-21(5)25(28-7,29-8)24(27-6)17-23(22)26/h11,13,15,17,21-22H,9-10,12,14,16H2,1-8H3/b19-13+,20-15+/t21?,22-/m1/s1. The highest BCUT2D eigenvalue weighted by Gasteiger charge is 2.50. The van der Waals surface area contributed by atoms with Crippen molar-refractivity contribution in [2.45, 2.75) is 72.5 Å². The van der Waals surface area contributed by atoms with Crippen LogP contribution in [0.1, 0.15) is 66.7 Å². The number of rotatable bonds is 11. The molecule has 1 aliphatic carbocycles. The maximum Gasteiger partial charge on any atom is 0.230 e. The van der Waals surface area contributed by atoms with E-state index in [4.69, 9.17) is 14.2 Å². The summed E-state index contributed by atoms with van der Waals surface area (Å²) in [6.45, 7) is 10.6. The summed E-state index contributed by atoms with van der Waals surface area (Å²) in [5.74, 6) is -0.847. The molecule has 1 unspecified atom stereocenters. The number of hydrogen-bond donors (Lipinski definition) is 0. The van der Waals surface area contributed by atoms with Gasteiger partial charge in [-0.3, -0.25) is 4.79 Å². The molecule has 0 amide bonds. The topological polar surface area (TPSA) is 44.8 Å². The van der Waals surface area contributed by atoms with Crippen LogP contribution in [-0.2, 0) is 19.0 Å². The molecule has 0 radical (unpaired) electrons. The lowest BCUT2D eigenvalue weighted by Crippen LogP contribution is -2.51. The van der Waals surface area contributed by atoms with E-state index in [2.05, 4.69) is 45.9 Å². The Labute approximate surface area is 177 Å². The SMILES string of the molecule is COC1=CC(=O)[C@H](C/C=C(\C)CC/C=C(\C)CCC=C(C)C)C(C)C1(OC)OC. The van der Waals surface area contributed by atoms with Crippen LogP contribution in [0.15, 0.2) is 46.8 Å². The van der Waals surface area contributed by atoms with Gasteiger partial charge < -0.3 is 14.2 Å². The number of ether oxygens (including phenoxy) is 3. The summed E-state index contributed by atoms with van der Waals surface area (Å²) in [6, 6.07) is 0. The van der Waals surface area contributed by atoms with Crippen LogP contribution in [-0.4, -0.2) is 32.9 Å². The van der Waals surface area contributed by atoms with Gasteiger partial charge in [0.15, 0.2) is 11.5 Å². The van der Waals surface area contributed by atoms with E-state index in [9.17, 15) is 4.79 Å². The van der Waals surface area contributed by atoms with Crippen molar-refractivity contribution in [2.24, 2.45) is 11.8 Å². The Kier molecular flexibility index (Phi) is 10.6. The molecule has 0 saturated carbocycles. The van der Waals surface area contributed by atoms with Crippen molar-refractivity contribution >= 4 is 5.78 Å². The van der Waals surface area contributed by atoms with Crippen molar-refractivity contribution in [3.05, 3.63) is 46.8 Å². The second kappa shape index (κ2) is 12.1. The van der Waals surface area contributed by atoms with Crippen LogP contribution in [0.25, 0.3) is 0 Å². The van der Waals surface area contributed by atoms with Crippen molar-refractivity contribution in [1.82, 2.24) is 0 Å². The Balaban J connectivity index is 2.70. The maximum atomic E-state index is 12.6. The van der Waals surface area contributed by atoms with Gasteiger partial charge in [-0.15, -0.1) is 0 Å². The highest BCUT2D eigenvalue weighted by molar-refractivity contribution is 5.94. The highest BCUT2D eigenvalue weighted by Crippen LogP contribution is 2.41. The van der Waals surface area contributed by atoms with Gasteiger partial charge in [0.1, 0.15) is 0 Å². The minimum Gasteiger partial charge on any atom is -0.495 e. The molecular formula is C25H40O4. The Morgan fingerprint density at radius 1 is 0.966 bits per heavy atom. The van der Waals surface area contributed by atoms with Crippen molar-refractivity contribution in [2.75, 3.05) is 21.3 Å². The molecule has 0 saturated heterocycles. The predicted octanol–water partition coefficient (Wildman–Crippen LogP) is 6.15. The van der Waals surface area contributed by atoms with Gasteiger partial charge in [0.25, 0.3) is 0 Å². The quantitative estimate of drug-likeness (QED) is 0.306. The smallest absolute Gasteiger partial charge is 0.230 e. The monoisotopic (exact) mass is 404 g/mol. The zero-order valence-corrected chi connectivity index (χ0v) is 19.6. The van der Waals surface area contributed by atoms with E-state index in [0.29, 0.717) is 12.2 Å². The average Bonchev–Trinajstić information content (AvgIpc) is 2.67. The van der Waals surface area contributed by atoms with Gasteiger partial charge in [-0.2, -0.15) is 0 Å². The normalized spacial score (nSPS) is 22.3. The molecular weight excluding hydrogens is 364 g/mol. The van der Waals surface area contributed by atoms with E-state index < -0.39 is 5.79 Å². The molecule has 1 rings (SSSR count). The van der Waals surface area contributed by atoms with E-state index >= 15 is 0 Å². The van der Waals surface area contributed by atoms with Crippen LogP contribution in [0, 0.1) is 11.8 Å².